The van der Waals surface area contributed by atoms with Crippen molar-refractivity contribution in [3.05, 3.63) is 28.8 Å². The van der Waals surface area contributed by atoms with Crippen molar-refractivity contribution < 1.29 is 10.2 Å². The Labute approximate surface area is 117 Å². The average Bonchev–Trinajstić information content (AvgIpc) is 2.34. The number of aliphatic hydroxyl groups excluding tert-OH is 1. The van der Waals surface area contributed by atoms with Crippen LogP contribution in [0.2, 0.25) is 0 Å². The van der Waals surface area contributed by atoms with Crippen molar-refractivity contribution in [3.63, 3.8) is 0 Å². The van der Waals surface area contributed by atoms with E-state index in [9.17, 15) is 5.11 Å². The smallest absolute Gasteiger partial charge is 0.122 e. The van der Waals surface area contributed by atoms with E-state index in [1.165, 1.54) is 19.3 Å². The van der Waals surface area contributed by atoms with Crippen molar-refractivity contribution in [2.24, 2.45) is 0 Å². The van der Waals surface area contributed by atoms with Crippen LogP contribution in [0.3, 0.4) is 0 Å². The zero-order valence-corrected chi connectivity index (χ0v) is 12.8. The molecule has 0 aliphatic heterocycles. The Hall–Kier alpha value is -1.02. The normalized spacial score (nSPS) is 11.8. The number of hydrogen-bond acceptors (Lipinski definition) is 2. The van der Waals surface area contributed by atoms with E-state index in [1.807, 2.05) is 13.0 Å². The number of unbranched alkanes of at least 4 members (excludes halogenated alkanes) is 2. The number of aromatic hydroxyl groups is 1. The van der Waals surface area contributed by atoms with Gasteiger partial charge in [-0.1, -0.05) is 52.2 Å². The molecule has 0 saturated carbocycles. The second-order valence-corrected chi connectivity index (χ2v) is 6.12. The van der Waals surface area contributed by atoms with Crippen molar-refractivity contribution in [2.75, 3.05) is 6.61 Å². The molecule has 0 radical (unpaired) electrons. The van der Waals surface area contributed by atoms with Crippen molar-refractivity contribution in [3.8, 4) is 5.75 Å². The van der Waals surface area contributed by atoms with E-state index in [2.05, 4.69) is 26.8 Å². The van der Waals surface area contributed by atoms with Gasteiger partial charge in [-0.2, -0.15) is 0 Å². The fourth-order valence-electron chi connectivity index (χ4n) is 2.60. The Balaban J connectivity index is 3.02. The summed E-state index contributed by atoms with van der Waals surface area (Å²) in [5.41, 5.74) is 3.02. The van der Waals surface area contributed by atoms with Gasteiger partial charge in [0.2, 0.25) is 0 Å². The average molecular weight is 264 g/mol. The SMILES string of the molecule is CCCCCC(C)(C)c1cc(CCO)cc(C)c1O. The quantitative estimate of drug-likeness (QED) is 0.728. The number of hydrogen-bond donors (Lipinski definition) is 2. The maximum absolute atomic E-state index is 10.3. The molecule has 108 valence electrons. The van der Waals surface area contributed by atoms with Crippen molar-refractivity contribution in [1.82, 2.24) is 0 Å². The van der Waals surface area contributed by atoms with E-state index in [-0.39, 0.29) is 12.0 Å². The zero-order chi connectivity index (χ0) is 14.5. The van der Waals surface area contributed by atoms with Gasteiger partial charge in [0.15, 0.2) is 0 Å². The van der Waals surface area contributed by atoms with E-state index in [4.69, 9.17) is 5.11 Å². The molecule has 1 rings (SSSR count). The van der Waals surface area contributed by atoms with E-state index in [0.717, 1.165) is 23.1 Å². The molecule has 0 atom stereocenters. The summed E-state index contributed by atoms with van der Waals surface area (Å²) in [6, 6.07) is 4.03. The summed E-state index contributed by atoms with van der Waals surface area (Å²) in [6.45, 7) is 8.68. The zero-order valence-electron chi connectivity index (χ0n) is 12.8. The molecule has 0 spiro atoms. The molecule has 2 heteroatoms. The van der Waals surface area contributed by atoms with Gasteiger partial charge in [0.05, 0.1) is 0 Å². The lowest BCUT2D eigenvalue weighted by Gasteiger charge is -2.27. The monoisotopic (exact) mass is 264 g/mol. The molecule has 0 aromatic heterocycles. The second-order valence-electron chi connectivity index (χ2n) is 6.12. The topological polar surface area (TPSA) is 40.5 Å². The van der Waals surface area contributed by atoms with Crippen molar-refractivity contribution in [2.45, 2.75) is 65.2 Å². The minimum absolute atomic E-state index is 0.0184. The van der Waals surface area contributed by atoms with Crippen LogP contribution in [0.15, 0.2) is 12.1 Å². The van der Waals surface area contributed by atoms with Gasteiger partial charge >= 0.3 is 0 Å². The van der Waals surface area contributed by atoms with Gasteiger partial charge in [0.1, 0.15) is 5.75 Å². The van der Waals surface area contributed by atoms with Gasteiger partial charge in [-0.25, -0.2) is 0 Å². The highest BCUT2D eigenvalue weighted by Gasteiger charge is 2.24. The summed E-state index contributed by atoms with van der Waals surface area (Å²) in [4.78, 5) is 0. The molecule has 1 aromatic carbocycles. The first-order chi connectivity index (χ1) is 8.92. The summed E-state index contributed by atoms with van der Waals surface area (Å²) < 4.78 is 0. The van der Waals surface area contributed by atoms with Crippen LogP contribution in [-0.2, 0) is 11.8 Å². The maximum atomic E-state index is 10.3. The summed E-state index contributed by atoms with van der Waals surface area (Å²) in [5.74, 6) is 0.420. The number of phenolic OH excluding ortho intramolecular Hbond substituents is 1. The standard InChI is InChI=1S/C17H28O2/c1-5-6-7-9-17(3,4)15-12-14(8-10-18)11-13(2)16(15)19/h11-12,18-19H,5-10H2,1-4H3. The van der Waals surface area contributed by atoms with Crippen molar-refractivity contribution >= 4 is 0 Å². The van der Waals surface area contributed by atoms with Crippen LogP contribution in [-0.4, -0.2) is 16.8 Å². The lowest BCUT2D eigenvalue weighted by molar-refractivity contribution is 0.299. The molecule has 0 aliphatic carbocycles. The summed E-state index contributed by atoms with van der Waals surface area (Å²) in [6.07, 6.45) is 5.37. The largest absolute Gasteiger partial charge is 0.507 e. The summed E-state index contributed by atoms with van der Waals surface area (Å²) in [7, 11) is 0. The van der Waals surface area contributed by atoms with E-state index in [0.29, 0.717) is 12.2 Å². The molecule has 0 heterocycles. The maximum Gasteiger partial charge on any atom is 0.122 e. The lowest BCUT2D eigenvalue weighted by Crippen LogP contribution is -2.18. The summed E-state index contributed by atoms with van der Waals surface area (Å²) in [5, 5.41) is 19.4. The number of aliphatic hydroxyl groups is 1. The van der Waals surface area contributed by atoms with Crippen LogP contribution in [0.5, 0.6) is 5.75 Å². The Kier molecular flexibility index (Phi) is 5.86. The third-order valence-electron chi connectivity index (χ3n) is 3.90. The molecule has 0 saturated heterocycles. The predicted molar refractivity (Wildman–Crippen MR) is 80.8 cm³/mol. The minimum Gasteiger partial charge on any atom is -0.507 e. The van der Waals surface area contributed by atoms with Crippen LogP contribution < -0.4 is 0 Å². The highest BCUT2D eigenvalue weighted by Crippen LogP contribution is 2.37. The Bertz CT molecular complexity index is 408. The molecular weight excluding hydrogens is 236 g/mol. The van der Waals surface area contributed by atoms with Crippen LogP contribution in [0.25, 0.3) is 0 Å². The van der Waals surface area contributed by atoms with Crippen molar-refractivity contribution in [1.29, 1.82) is 0 Å². The Morgan fingerprint density at radius 3 is 2.42 bits per heavy atom. The molecule has 0 bridgehead atoms. The Morgan fingerprint density at radius 2 is 1.84 bits per heavy atom. The van der Waals surface area contributed by atoms with Crippen LogP contribution in [0.4, 0.5) is 0 Å². The van der Waals surface area contributed by atoms with Crippen LogP contribution in [0.1, 0.15) is 63.1 Å². The van der Waals surface area contributed by atoms with Gasteiger partial charge in [0.25, 0.3) is 0 Å². The van der Waals surface area contributed by atoms with Gasteiger partial charge in [-0.3, -0.25) is 0 Å². The van der Waals surface area contributed by atoms with Crippen LogP contribution in [0, 0.1) is 6.92 Å². The number of benzene rings is 1. The first-order valence-electron chi connectivity index (χ1n) is 7.36. The van der Waals surface area contributed by atoms with E-state index in [1.54, 1.807) is 0 Å². The predicted octanol–water partition coefficient (Wildman–Crippen LogP) is 4.09. The van der Waals surface area contributed by atoms with E-state index < -0.39 is 0 Å². The highest BCUT2D eigenvalue weighted by molar-refractivity contribution is 5.46. The summed E-state index contributed by atoms with van der Waals surface area (Å²) >= 11 is 0. The first kappa shape index (κ1) is 16.0. The molecular formula is C17H28O2. The lowest BCUT2D eigenvalue weighted by atomic mass is 9.78. The third-order valence-corrected chi connectivity index (χ3v) is 3.90. The highest BCUT2D eigenvalue weighted by atomic mass is 16.3. The van der Waals surface area contributed by atoms with Gasteiger partial charge in [0, 0.05) is 12.2 Å². The molecule has 2 N–H and O–H groups in total. The fourth-order valence-corrected chi connectivity index (χ4v) is 2.60. The van der Waals surface area contributed by atoms with Crippen LogP contribution >= 0.6 is 0 Å². The molecule has 0 fully saturated rings. The van der Waals surface area contributed by atoms with Gasteiger partial charge in [-0.05, 0) is 36.3 Å². The van der Waals surface area contributed by atoms with Gasteiger partial charge < -0.3 is 10.2 Å². The molecule has 0 unspecified atom stereocenters. The molecule has 1 aromatic rings. The number of aryl methyl sites for hydroxylation is 1. The second kappa shape index (κ2) is 6.95. The third kappa shape index (κ3) is 4.24. The molecule has 0 aliphatic rings. The van der Waals surface area contributed by atoms with E-state index >= 15 is 0 Å². The number of phenols is 1. The molecule has 2 nitrogen and oxygen atoms in total. The molecule has 19 heavy (non-hydrogen) atoms. The fraction of sp³-hybridized carbons (Fsp3) is 0.647. The number of rotatable bonds is 7. The first-order valence-corrected chi connectivity index (χ1v) is 7.36. The minimum atomic E-state index is -0.0184. The molecule has 0 amide bonds. The Morgan fingerprint density at radius 1 is 1.16 bits per heavy atom. The van der Waals surface area contributed by atoms with Gasteiger partial charge in [-0.15, -0.1) is 0 Å².